The van der Waals surface area contributed by atoms with Crippen molar-refractivity contribution in [1.82, 2.24) is 4.57 Å². The molecule has 0 atom stereocenters. The Morgan fingerprint density at radius 2 is 1.29 bits per heavy atom. The van der Waals surface area contributed by atoms with Gasteiger partial charge in [-0.15, -0.1) is 0 Å². The maximum absolute atomic E-state index is 9.23. The topological polar surface area (TPSA) is 23.4 Å². The van der Waals surface area contributed by atoms with Crippen LogP contribution in [0.5, 0.6) is 0 Å². The van der Waals surface area contributed by atoms with Crippen LogP contribution in [0.15, 0.2) is 97.0 Å². The zero-order valence-corrected chi connectivity index (χ0v) is 19.8. The molecule has 0 bridgehead atoms. The number of benzene rings is 4. The van der Waals surface area contributed by atoms with Crippen LogP contribution in [0.3, 0.4) is 0 Å². The lowest BCUT2D eigenvalue weighted by molar-refractivity contribution is 0.00578. The van der Waals surface area contributed by atoms with Crippen molar-refractivity contribution in [2.75, 3.05) is 0 Å². The molecule has 0 unspecified atom stereocenters. The third-order valence-corrected chi connectivity index (χ3v) is 7.17. The van der Waals surface area contributed by atoms with E-state index in [-0.39, 0.29) is 18.1 Å². The van der Waals surface area contributed by atoms with Crippen LogP contribution in [-0.4, -0.2) is 22.9 Å². The standard InChI is InChI=1S/C30H28BNO2/c1-29(2)30(3,4)34-31(33-29)23-16-19-28-26(20-23)25-12-8-9-13-27(25)32(28)24-17-14-22(15-18-24)21-10-6-5-7-11-21/h5-20H,1-4H3/i16D,19D,20D. The van der Waals surface area contributed by atoms with Gasteiger partial charge in [0.2, 0.25) is 0 Å². The number of hydrogen-bond donors (Lipinski definition) is 0. The maximum Gasteiger partial charge on any atom is 0.494 e. The number of rotatable bonds is 3. The van der Waals surface area contributed by atoms with Crippen molar-refractivity contribution in [2.24, 2.45) is 0 Å². The predicted octanol–water partition coefficient (Wildman–Crippen LogP) is 6.75. The van der Waals surface area contributed by atoms with Gasteiger partial charge in [-0.1, -0.05) is 72.7 Å². The zero-order chi connectivity index (χ0) is 26.1. The van der Waals surface area contributed by atoms with E-state index in [2.05, 4.69) is 24.3 Å². The van der Waals surface area contributed by atoms with Crippen LogP contribution in [0.25, 0.3) is 38.6 Å². The molecule has 34 heavy (non-hydrogen) atoms. The molecule has 0 aliphatic carbocycles. The molecule has 6 rings (SSSR count). The number of fused-ring (bicyclic) bond motifs is 3. The number of para-hydroxylation sites is 1. The van der Waals surface area contributed by atoms with E-state index < -0.39 is 18.3 Å². The first-order valence-corrected chi connectivity index (χ1v) is 11.6. The molecule has 4 heteroatoms. The summed E-state index contributed by atoms with van der Waals surface area (Å²) in [4.78, 5) is 0. The van der Waals surface area contributed by atoms with Gasteiger partial charge in [-0.05, 0) is 68.5 Å². The SMILES string of the molecule is [2H]c1c(B2OC(C)(C)C(C)(C)O2)c([2H])c2c3ccccc3n(-c3ccc(-c4ccccc4)cc3)c2c1[2H]. The fourth-order valence-electron chi connectivity index (χ4n) is 4.56. The molecule has 1 fully saturated rings. The van der Waals surface area contributed by atoms with Crippen LogP contribution < -0.4 is 5.46 Å². The van der Waals surface area contributed by atoms with Crippen molar-refractivity contribution in [3.63, 3.8) is 0 Å². The lowest BCUT2D eigenvalue weighted by Gasteiger charge is -2.32. The minimum absolute atomic E-state index is 0.0408. The first-order chi connectivity index (χ1) is 17.6. The van der Waals surface area contributed by atoms with Crippen LogP contribution in [-0.2, 0) is 9.31 Å². The van der Waals surface area contributed by atoms with Crippen molar-refractivity contribution in [3.05, 3.63) is 97.0 Å². The van der Waals surface area contributed by atoms with E-state index in [9.17, 15) is 1.37 Å². The fraction of sp³-hybridized carbons (Fsp3) is 0.200. The Balaban J connectivity index is 1.59. The Morgan fingerprint density at radius 1 is 0.676 bits per heavy atom. The second-order valence-corrected chi connectivity index (χ2v) is 9.87. The lowest BCUT2D eigenvalue weighted by atomic mass is 9.78. The molecule has 1 saturated heterocycles. The summed E-state index contributed by atoms with van der Waals surface area (Å²) in [7, 11) is -0.884. The maximum atomic E-state index is 9.23. The first kappa shape index (κ1) is 18.1. The van der Waals surface area contributed by atoms with Gasteiger partial charge in [-0.2, -0.15) is 0 Å². The summed E-state index contributed by atoms with van der Waals surface area (Å²) < 4.78 is 41.7. The van der Waals surface area contributed by atoms with E-state index in [1.165, 1.54) is 0 Å². The molecule has 0 saturated carbocycles. The van der Waals surface area contributed by atoms with Gasteiger partial charge in [-0.25, -0.2) is 0 Å². The summed E-state index contributed by atoms with van der Waals surface area (Å²) >= 11 is 0. The van der Waals surface area contributed by atoms with Crippen molar-refractivity contribution in [2.45, 2.75) is 38.9 Å². The zero-order valence-electron chi connectivity index (χ0n) is 22.8. The molecule has 1 aliphatic heterocycles. The quantitative estimate of drug-likeness (QED) is 0.285. The first-order valence-electron chi connectivity index (χ1n) is 13.1. The van der Waals surface area contributed by atoms with Crippen LogP contribution >= 0.6 is 0 Å². The van der Waals surface area contributed by atoms with Gasteiger partial charge in [0.15, 0.2) is 0 Å². The molecule has 0 radical (unpaired) electrons. The molecule has 0 spiro atoms. The van der Waals surface area contributed by atoms with Gasteiger partial charge in [-0.3, -0.25) is 0 Å². The summed E-state index contributed by atoms with van der Waals surface area (Å²) in [5.74, 6) is 0. The Morgan fingerprint density at radius 3 is 2.00 bits per heavy atom. The molecule has 4 aromatic carbocycles. The molecule has 0 N–H and O–H groups in total. The highest BCUT2D eigenvalue weighted by molar-refractivity contribution is 6.62. The predicted molar refractivity (Wildman–Crippen MR) is 142 cm³/mol. The number of hydrogen-bond acceptors (Lipinski definition) is 2. The van der Waals surface area contributed by atoms with Gasteiger partial charge in [0.1, 0.15) is 0 Å². The Bertz CT molecular complexity index is 1640. The van der Waals surface area contributed by atoms with E-state index in [1.807, 2.05) is 86.9 Å². The Labute approximate surface area is 205 Å². The van der Waals surface area contributed by atoms with Crippen molar-refractivity contribution in [1.29, 1.82) is 0 Å². The molecule has 1 aromatic heterocycles. The Hall–Kier alpha value is -3.34. The highest BCUT2D eigenvalue weighted by atomic mass is 16.7. The third kappa shape index (κ3) is 3.29. The second kappa shape index (κ2) is 7.59. The van der Waals surface area contributed by atoms with Crippen LogP contribution in [0.2, 0.25) is 0 Å². The molecular weight excluding hydrogens is 417 g/mol. The smallest absolute Gasteiger partial charge is 0.399 e. The summed E-state index contributed by atoms with van der Waals surface area (Å²) in [6.07, 6.45) is 0. The average Bonchev–Trinajstić information content (AvgIpc) is 3.33. The third-order valence-electron chi connectivity index (χ3n) is 7.17. The van der Waals surface area contributed by atoms with Gasteiger partial charge < -0.3 is 13.9 Å². The summed E-state index contributed by atoms with van der Waals surface area (Å²) in [5, 5.41) is 1.49. The molecular formula is C30H28BNO2. The summed E-state index contributed by atoms with van der Waals surface area (Å²) in [6, 6.07) is 26.4. The molecule has 3 nitrogen and oxygen atoms in total. The monoisotopic (exact) mass is 448 g/mol. The van der Waals surface area contributed by atoms with Gasteiger partial charge >= 0.3 is 7.12 Å². The largest absolute Gasteiger partial charge is 0.494 e. The van der Waals surface area contributed by atoms with E-state index in [0.29, 0.717) is 16.4 Å². The molecule has 5 aromatic rings. The summed E-state index contributed by atoms with van der Waals surface area (Å²) in [6.45, 7) is 7.80. The van der Waals surface area contributed by atoms with E-state index >= 15 is 0 Å². The Kier molecular flexibility index (Phi) is 4.03. The fourth-order valence-corrected chi connectivity index (χ4v) is 4.56. The average molecular weight is 448 g/mol. The van der Waals surface area contributed by atoms with Crippen molar-refractivity contribution >= 4 is 34.4 Å². The van der Waals surface area contributed by atoms with E-state index in [4.69, 9.17) is 12.1 Å². The van der Waals surface area contributed by atoms with Gasteiger partial charge in [0.25, 0.3) is 0 Å². The van der Waals surface area contributed by atoms with Gasteiger partial charge in [0.05, 0.1) is 26.3 Å². The minimum Gasteiger partial charge on any atom is -0.399 e. The van der Waals surface area contributed by atoms with Crippen LogP contribution in [0, 0.1) is 0 Å². The minimum atomic E-state index is -0.884. The molecule has 1 aliphatic rings. The highest BCUT2D eigenvalue weighted by Crippen LogP contribution is 2.37. The van der Waals surface area contributed by atoms with E-state index in [0.717, 1.165) is 27.7 Å². The van der Waals surface area contributed by atoms with Crippen LogP contribution in [0.4, 0.5) is 0 Å². The second-order valence-electron chi connectivity index (χ2n) is 9.87. The highest BCUT2D eigenvalue weighted by Gasteiger charge is 2.51. The number of aromatic nitrogens is 1. The van der Waals surface area contributed by atoms with Gasteiger partial charge in [0, 0.05) is 16.5 Å². The molecule has 168 valence electrons. The molecule has 0 amide bonds. The normalized spacial score (nSPS) is 18.2. The molecule has 2 heterocycles. The van der Waals surface area contributed by atoms with E-state index in [1.54, 1.807) is 0 Å². The van der Waals surface area contributed by atoms with Crippen molar-refractivity contribution < 1.29 is 13.4 Å². The van der Waals surface area contributed by atoms with Crippen molar-refractivity contribution in [3.8, 4) is 16.8 Å². The van der Waals surface area contributed by atoms with Crippen LogP contribution in [0.1, 0.15) is 31.8 Å². The summed E-state index contributed by atoms with van der Waals surface area (Å²) in [5.41, 5.74) is 3.62. The lowest BCUT2D eigenvalue weighted by Crippen LogP contribution is -2.41. The number of nitrogens with zero attached hydrogens (tertiary/aromatic N) is 1.